The van der Waals surface area contributed by atoms with Crippen LogP contribution in [-0.2, 0) is 9.59 Å². The molecule has 20 heavy (non-hydrogen) atoms. The minimum atomic E-state index is -0.763. The SMILES string of the molecule is NC(=O)CN1C(=O)S/C(=C\c2ccc(O)c(Cl)c2)C1=O. The van der Waals surface area contributed by atoms with Crippen molar-refractivity contribution in [3.05, 3.63) is 33.7 Å². The van der Waals surface area contributed by atoms with Gasteiger partial charge in [-0.1, -0.05) is 17.7 Å². The fourth-order valence-corrected chi connectivity index (χ4v) is 2.58. The van der Waals surface area contributed by atoms with Crippen molar-refractivity contribution in [2.45, 2.75) is 0 Å². The molecule has 0 spiro atoms. The molecular weight excluding hydrogens is 304 g/mol. The van der Waals surface area contributed by atoms with Crippen molar-refractivity contribution in [2.24, 2.45) is 5.73 Å². The number of carbonyl (C=O) groups excluding carboxylic acids is 3. The standard InChI is InChI=1S/C12H9ClN2O4S/c13-7-3-6(1-2-8(7)16)4-9-11(18)15(5-10(14)17)12(19)20-9/h1-4,16H,5H2,(H2,14,17)/b9-4-. The molecule has 0 unspecified atom stereocenters. The molecule has 1 fully saturated rings. The van der Waals surface area contributed by atoms with Gasteiger partial charge in [-0.25, -0.2) is 0 Å². The van der Waals surface area contributed by atoms with Crippen molar-refractivity contribution < 1.29 is 19.5 Å². The number of imide groups is 1. The molecule has 6 nitrogen and oxygen atoms in total. The van der Waals surface area contributed by atoms with Gasteiger partial charge in [-0.15, -0.1) is 0 Å². The normalized spacial score (nSPS) is 17.1. The fourth-order valence-electron chi connectivity index (χ4n) is 1.56. The van der Waals surface area contributed by atoms with Gasteiger partial charge in [0.1, 0.15) is 12.3 Å². The lowest BCUT2D eigenvalue weighted by Crippen LogP contribution is -2.36. The Hall–Kier alpha value is -1.99. The number of halogens is 1. The number of phenols is 1. The number of hydrogen-bond donors (Lipinski definition) is 2. The van der Waals surface area contributed by atoms with Crippen LogP contribution in [0.2, 0.25) is 5.02 Å². The maximum atomic E-state index is 11.9. The summed E-state index contributed by atoms with van der Waals surface area (Å²) < 4.78 is 0. The zero-order chi connectivity index (χ0) is 14.9. The van der Waals surface area contributed by atoms with Crippen LogP contribution in [0.25, 0.3) is 6.08 Å². The Morgan fingerprint density at radius 1 is 1.45 bits per heavy atom. The van der Waals surface area contributed by atoms with E-state index in [2.05, 4.69) is 0 Å². The lowest BCUT2D eigenvalue weighted by atomic mass is 10.2. The van der Waals surface area contributed by atoms with Gasteiger partial charge in [-0.05, 0) is 35.5 Å². The summed E-state index contributed by atoms with van der Waals surface area (Å²) in [6.07, 6.45) is 1.46. The van der Waals surface area contributed by atoms with E-state index in [-0.39, 0.29) is 15.7 Å². The third-order valence-corrected chi connectivity index (χ3v) is 3.67. The Balaban J connectivity index is 2.27. The molecule has 104 valence electrons. The van der Waals surface area contributed by atoms with Gasteiger partial charge in [0.25, 0.3) is 11.1 Å². The summed E-state index contributed by atoms with van der Waals surface area (Å²) >= 11 is 6.47. The molecule has 3 N–H and O–H groups in total. The van der Waals surface area contributed by atoms with Gasteiger partial charge in [0.2, 0.25) is 5.91 Å². The Labute approximate surface area is 123 Å². The first-order valence-electron chi connectivity index (χ1n) is 5.40. The average molecular weight is 313 g/mol. The van der Waals surface area contributed by atoms with Gasteiger partial charge in [0, 0.05) is 0 Å². The Kier molecular flexibility index (Phi) is 4.01. The van der Waals surface area contributed by atoms with Gasteiger partial charge in [0.05, 0.1) is 9.93 Å². The number of carbonyl (C=O) groups is 3. The largest absolute Gasteiger partial charge is 0.506 e. The van der Waals surface area contributed by atoms with E-state index >= 15 is 0 Å². The predicted octanol–water partition coefficient (Wildman–Crippen LogP) is 1.57. The number of rotatable bonds is 3. The highest BCUT2D eigenvalue weighted by atomic mass is 35.5. The van der Waals surface area contributed by atoms with Crippen molar-refractivity contribution in [1.82, 2.24) is 4.90 Å². The number of thioether (sulfide) groups is 1. The van der Waals surface area contributed by atoms with Crippen molar-refractivity contribution >= 4 is 46.5 Å². The van der Waals surface area contributed by atoms with Crippen LogP contribution < -0.4 is 5.73 Å². The maximum Gasteiger partial charge on any atom is 0.294 e. The third-order valence-electron chi connectivity index (χ3n) is 2.46. The zero-order valence-corrected chi connectivity index (χ0v) is 11.6. The topological polar surface area (TPSA) is 101 Å². The highest BCUT2D eigenvalue weighted by Crippen LogP contribution is 2.33. The van der Waals surface area contributed by atoms with Crippen LogP contribution in [-0.4, -0.2) is 33.6 Å². The molecule has 2 rings (SSSR count). The van der Waals surface area contributed by atoms with Crippen LogP contribution >= 0.6 is 23.4 Å². The molecule has 0 radical (unpaired) electrons. The molecule has 0 aromatic heterocycles. The second-order valence-electron chi connectivity index (χ2n) is 3.95. The van der Waals surface area contributed by atoms with E-state index in [0.717, 1.165) is 4.90 Å². The van der Waals surface area contributed by atoms with E-state index in [0.29, 0.717) is 17.3 Å². The van der Waals surface area contributed by atoms with Crippen LogP contribution in [0.15, 0.2) is 23.1 Å². The van der Waals surface area contributed by atoms with Crippen LogP contribution in [0.4, 0.5) is 4.79 Å². The van der Waals surface area contributed by atoms with E-state index in [1.54, 1.807) is 6.07 Å². The Morgan fingerprint density at radius 2 is 2.15 bits per heavy atom. The number of hydrogen-bond acceptors (Lipinski definition) is 5. The van der Waals surface area contributed by atoms with E-state index in [4.69, 9.17) is 17.3 Å². The smallest absolute Gasteiger partial charge is 0.294 e. The Bertz CT molecular complexity index is 644. The average Bonchev–Trinajstić information content (AvgIpc) is 2.61. The molecule has 3 amide bonds. The first-order chi connectivity index (χ1) is 9.38. The molecule has 0 bridgehead atoms. The first-order valence-corrected chi connectivity index (χ1v) is 6.60. The van der Waals surface area contributed by atoms with Crippen LogP contribution in [0.1, 0.15) is 5.56 Å². The number of nitrogens with two attached hydrogens (primary N) is 1. The monoisotopic (exact) mass is 312 g/mol. The molecule has 1 saturated heterocycles. The molecular formula is C12H9ClN2O4S. The molecule has 1 aromatic carbocycles. The maximum absolute atomic E-state index is 11.9. The first kappa shape index (κ1) is 14.4. The Morgan fingerprint density at radius 3 is 2.75 bits per heavy atom. The van der Waals surface area contributed by atoms with E-state index in [9.17, 15) is 19.5 Å². The summed E-state index contributed by atoms with van der Waals surface area (Å²) in [6.45, 7) is -0.446. The van der Waals surface area contributed by atoms with Crippen molar-refractivity contribution in [3.63, 3.8) is 0 Å². The molecule has 0 saturated carbocycles. The molecule has 1 aliphatic rings. The number of amides is 3. The second kappa shape index (κ2) is 5.56. The van der Waals surface area contributed by atoms with E-state index < -0.39 is 23.6 Å². The summed E-state index contributed by atoms with van der Waals surface area (Å²) in [7, 11) is 0. The molecule has 8 heteroatoms. The fraction of sp³-hybridized carbons (Fsp3) is 0.0833. The summed E-state index contributed by atoms with van der Waals surface area (Å²) in [5.74, 6) is -1.42. The number of aromatic hydroxyl groups is 1. The number of nitrogens with zero attached hydrogens (tertiary/aromatic N) is 1. The third kappa shape index (κ3) is 2.94. The van der Waals surface area contributed by atoms with Crippen LogP contribution in [0.3, 0.4) is 0 Å². The lowest BCUT2D eigenvalue weighted by molar-refractivity contribution is -0.127. The predicted molar refractivity (Wildman–Crippen MR) is 75.0 cm³/mol. The molecule has 0 atom stereocenters. The zero-order valence-electron chi connectivity index (χ0n) is 10.00. The minimum absolute atomic E-state index is 0.0781. The highest BCUT2D eigenvalue weighted by molar-refractivity contribution is 8.18. The number of phenolic OH excluding ortho intramolecular Hbond substituents is 1. The number of primary amides is 1. The van der Waals surface area contributed by atoms with Gasteiger partial charge < -0.3 is 10.8 Å². The van der Waals surface area contributed by atoms with E-state index in [1.165, 1.54) is 18.2 Å². The lowest BCUT2D eigenvalue weighted by Gasteiger charge is -2.08. The van der Waals surface area contributed by atoms with Crippen molar-refractivity contribution in [3.8, 4) is 5.75 Å². The molecule has 1 heterocycles. The van der Waals surface area contributed by atoms with Gasteiger partial charge in [0.15, 0.2) is 0 Å². The molecule has 1 aliphatic heterocycles. The van der Waals surface area contributed by atoms with Crippen LogP contribution in [0, 0.1) is 0 Å². The molecule has 1 aromatic rings. The summed E-state index contributed by atoms with van der Waals surface area (Å²) in [5.41, 5.74) is 5.53. The number of benzene rings is 1. The molecule has 0 aliphatic carbocycles. The quantitative estimate of drug-likeness (QED) is 0.825. The van der Waals surface area contributed by atoms with Gasteiger partial charge in [-0.2, -0.15) is 0 Å². The van der Waals surface area contributed by atoms with Gasteiger partial charge >= 0.3 is 0 Å². The van der Waals surface area contributed by atoms with Crippen LogP contribution in [0.5, 0.6) is 5.75 Å². The van der Waals surface area contributed by atoms with E-state index in [1.807, 2.05) is 0 Å². The minimum Gasteiger partial charge on any atom is -0.506 e. The highest BCUT2D eigenvalue weighted by Gasteiger charge is 2.35. The van der Waals surface area contributed by atoms with Crippen molar-refractivity contribution in [2.75, 3.05) is 6.54 Å². The van der Waals surface area contributed by atoms with Gasteiger partial charge in [-0.3, -0.25) is 19.3 Å². The summed E-state index contributed by atoms with van der Waals surface area (Å²) in [4.78, 5) is 35.3. The second-order valence-corrected chi connectivity index (χ2v) is 5.35. The summed E-state index contributed by atoms with van der Waals surface area (Å²) in [5, 5.41) is 8.88. The summed E-state index contributed by atoms with van der Waals surface area (Å²) in [6, 6.07) is 4.38. The van der Waals surface area contributed by atoms with Crippen molar-refractivity contribution in [1.29, 1.82) is 0 Å².